The molecule has 0 amide bonds. The second kappa shape index (κ2) is 6.37. The summed E-state index contributed by atoms with van der Waals surface area (Å²) in [6, 6.07) is 23.6. The number of fused-ring (bicyclic) bond motifs is 3. The molecule has 0 saturated carbocycles. The van der Waals surface area contributed by atoms with Crippen LogP contribution in [0.4, 0.5) is 17.2 Å². The van der Waals surface area contributed by atoms with Gasteiger partial charge < -0.3 is 5.73 Å². The van der Waals surface area contributed by atoms with Gasteiger partial charge in [0.05, 0.1) is 22.4 Å². The van der Waals surface area contributed by atoms with Crippen LogP contribution < -0.4 is 16.6 Å². The molecule has 3 aromatic heterocycles. The highest BCUT2D eigenvalue weighted by Crippen LogP contribution is 2.37. The molecule has 0 atom stereocenters. The van der Waals surface area contributed by atoms with Crippen LogP contribution in [0.1, 0.15) is 0 Å². The van der Waals surface area contributed by atoms with E-state index in [1.807, 2.05) is 60.7 Å². The van der Waals surface area contributed by atoms with Crippen molar-refractivity contribution in [1.29, 1.82) is 0 Å². The van der Waals surface area contributed by atoms with Crippen LogP contribution in [-0.2, 0) is 0 Å². The number of hydrazine groups is 1. The largest absolute Gasteiger partial charge is 0.397 e. The Balaban J connectivity index is 1.83. The van der Waals surface area contributed by atoms with Gasteiger partial charge in [0, 0.05) is 23.2 Å². The van der Waals surface area contributed by atoms with Gasteiger partial charge in [-0.1, -0.05) is 30.3 Å². The molecule has 3 heterocycles. The van der Waals surface area contributed by atoms with Gasteiger partial charge in [-0.2, -0.15) is 0 Å². The second-order valence-electron chi connectivity index (χ2n) is 6.53. The fourth-order valence-corrected chi connectivity index (χ4v) is 3.58. The Hall–Kier alpha value is -3.90. The van der Waals surface area contributed by atoms with Crippen molar-refractivity contribution < 1.29 is 0 Å². The Morgan fingerprint density at radius 1 is 0.750 bits per heavy atom. The molecule has 28 heavy (non-hydrogen) atoms. The topological polar surface area (TPSA) is 86.0 Å². The first-order valence-corrected chi connectivity index (χ1v) is 8.94. The summed E-state index contributed by atoms with van der Waals surface area (Å²) in [5, 5.41) is 3.68. The van der Waals surface area contributed by atoms with Crippen LogP contribution in [0, 0.1) is 0 Å². The number of hydrogen-bond donors (Lipinski definition) is 2. The fourth-order valence-electron chi connectivity index (χ4n) is 3.58. The molecular formula is C22H18N6. The highest BCUT2D eigenvalue weighted by atomic mass is 15.4. The van der Waals surface area contributed by atoms with E-state index in [-0.39, 0.29) is 0 Å². The SMILES string of the molecule is Nc1cc2c3ccccc3n(-c3ccccn3)c2cc1N(N)c1ccccn1. The molecule has 136 valence electrons. The van der Waals surface area contributed by atoms with Crippen molar-refractivity contribution in [1.82, 2.24) is 14.5 Å². The lowest BCUT2D eigenvalue weighted by atomic mass is 10.1. The van der Waals surface area contributed by atoms with Crippen molar-refractivity contribution in [2.24, 2.45) is 5.84 Å². The Morgan fingerprint density at radius 2 is 1.50 bits per heavy atom. The van der Waals surface area contributed by atoms with E-state index < -0.39 is 0 Å². The van der Waals surface area contributed by atoms with Gasteiger partial charge in [0.1, 0.15) is 11.6 Å². The van der Waals surface area contributed by atoms with E-state index in [1.165, 1.54) is 5.01 Å². The molecule has 0 saturated heterocycles. The van der Waals surface area contributed by atoms with E-state index in [0.717, 1.165) is 27.6 Å². The zero-order chi connectivity index (χ0) is 19.1. The minimum atomic E-state index is 0.588. The van der Waals surface area contributed by atoms with E-state index in [1.54, 1.807) is 12.4 Å². The zero-order valence-electron chi connectivity index (χ0n) is 15.0. The minimum Gasteiger partial charge on any atom is -0.397 e. The summed E-state index contributed by atoms with van der Waals surface area (Å²) in [6.45, 7) is 0. The first-order chi connectivity index (χ1) is 13.7. The molecule has 2 aromatic carbocycles. The monoisotopic (exact) mass is 366 g/mol. The number of nitrogen functional groups attached to an aromatic ring is 1. The summed E-state index contributed by atoms with van der Waals surface area (Å²) in [7, 11) is 0. The molecule has 5 aromatic rings. The lowest BCUT2D eigenvalue weighted by molar-refractivity contribution is 1.04. The third-order valence-electron chi connectivity index (χ3n) is 4.86. The second-order valence-corrected chi connectivity index (χ2v) is 6.53. The molecule has 0 aliphatic heterocycles. The first-order valence-electron chi connectivity index (χ1n) is 8.94. The van der Waals surface area contributed by atoms with Gasteiger partial charge >= 0.3 is 0 Å². The van der Waals surface area contributed by atoms with Crippen LogP contribution in [-0.4, -0.2) is 14.5 Å². The number of para-hydroxylation sites is 1. The number of aromatic nitrogens is 3. The average molecular weight is 366 g/mol. The van der Waals surface area contributed by atoms with Crippen molar-refractivity contribution in [3.63, 3.8) is 0 Å². The summed E-state index contributed by atoms with van der Waals surface area (Å²) < 4.78 is 2.12. The summed E-state index contributed by atoms with van der Waals surface area (Å²) in [6.07, 6.45) is 3.49. The van der Waals surface area contributed by atoms with E-state index >= 15 is 0 Å². The van der Waals surface area contributed by atoms with Crippen molar-refractivity contribution in [2.75, 3.05) is 10.7 Å². The van der Waals surface area contributed by atoms with Gasteiger partial charge in [-0.3, -0.25) is 9.58 Å². The molecule has 5 rings (SSSR count). The van der Waals surface area contributed by atoms with E-state index in [4.69, 9.17) is 11.6 Å². The molecule has 0 unspecified atom stereocenters. The molecule has 0 radical (unpaired) electrons. The average Bonchev–Trinajstić information content (AvgIpc) is 3.07. The molecule has 0 spiro atoms. The zero-order valence-corrected chi connectivity index (χ0v) is 15.0. The molecule has 0 aliphatic rings. The van der Waals surface area contributed by atoms with Gasteiger partial charge in [-0.25, -0.2) is 15.8 Å². The maximum atomic E-state index is 6.39. The van der Waals surface area contributed by atoms with Crippen molar-refractivity contribution >= 4 is 39.0 Å². The third-order valence-corrected chi connectivity index (χ3v) is 4.86. The number of hydrogen-bond acceptors (Lipinski definition) is 5. The predicted octanol–water partition coefficient (Wildman–Crippen LogP) is 4.17. The molecule has 0 fully saturated rings. The maximum Gasteiger partial charge on any atom is 0.147 e. The fraction of sp³-hybridized carbons (Fsp3) is 0. The predicted molar refractivity (Wildman–Crippen MR) is 114 cm³/mol. The maximum absolute atomic E-state index is 6.39. The number of rotatable bonds is 3. The van der Waals surface area contributed by atoms with Crippen LogP contribution in [0.2, 0.25) is 0 Å². The lowest BCUT2D eigenvalue weighted by Gasteiger charge is -2.20. The quantitative estimate of drug-likeness (QED) is 0.284. The Kier molecular flexibility index (Phi) is 3.70. The number of pyridine rings is 2. The van der Waals surface area contributed by atoms with Crippen molar-refractivity contribution in [3.05, 3.63) is 85.2 Å². The smallest absolute Gasteiger partial charge is 0.147 e. The highest BCUT2D eigenvalue weighted by Gasteiger charge is 2.17. The molecule has 6 nitrogen and oxygen atoms in total. The highest BCUT2D eigenvalue weighted by molar-refractivity contribution is 6.11. The summed E-state index contributed by atoms with van der Waals surface area (Å²) in [5.74, 6) is 7.82. The first kappa shape index (κ1) is 16.3. The molecule has 0 bridgehead atoms. The van der Waals surface area contributed by atoms with Crippen molar-refractivity contribution in [2.45, 2.75) is 0 Å². The van der Waals surface area contributed by atoms with Gasteiger partial charge in [0.2, 0.25) is 0 Å². The normalized spacial score (nSPS) is 11.2. The van der Waals surface area contributed by atoms with E-state index in [0.29, 0.717) is 17.2 Å². The summed E-state index contributed by atoms with van der Waals surface area (Å²) >= 11 is 0. The Labute approximate surface area is 161 Å². The van der Waals surface area contributed by atoms with Gasteiger partial charge in [0.25, 0.3) is 0 Å². The molecular weight excluding hydrogens is 348 g/mol. The molecule has 0 aliphatic carbocycles. The van der Waals surface area contributed by atoms with Crippen LogP contribution in [0.25, 0.3) is 27.6 Å². The number of benzene rings is 2. The molecule has 4 N–H and O–H groups in total. The van der Waals surface area contributed by atoms with Crippen LogP contribution in [0.5, 0.6) is 0 Å². The van der Waals surface area contributed by atoms with Crippen molar-refractivity contribution in [3.8, 4) is 5.82 Å². The van der Waals surface area contributed by atoms with Gasteiger partial charge in [-0.05, 0) is 42.5 Å². The summed E-state index contributed by atoms with van der Waals surface area (Å²) in [5.41, 5.74) is 9.71. The number of nitrogens with zero attached hydrogens (tertiary/aromatic N) is 4. The standard InChI is InChI=1S/C22H18N6/c23-17-13-16-15-7-1-2-8-18(15)27(21-9-3-5-11-25-21)19(16)14-20(17)28(24)22-10-4-6-12-26-22/h1-14H,23-24H2. The number of nitrogens with two attached hydrogens (primary N) is 2. The van der Waals surface area contributed by atoms with Gasteiger partial charge in [-0.15, -0.1) is 0 Å². The van der Waals surface area contributed by atoms with Gasteiger partial charge in [0.15, 0.2) is 0 Å². The Morgan fingerprint density at radius 3 is 2.25 bits per heavy atom. The summed E-state index contributed by atoms with van der Waals surface area (Å²) in [4.78, 5) is 8.88. The minimum absolute atomic E-state index is 0.588. The van der Waals surface area contributed by atoms with Crippen LogP contribution >= 0.6 is 0 Å². The van der Waals surface area contributed by atoms with E-state index in [2.05, 4.69) is 26.7 Å². The van der Waals surface area contributed by atoms with Crippen LogP contribution in [0.3, 0.4) is 0 Å². The third kappa shape index (κ3) is 2.47. The van der Waals surface area contributed by atoms with Crippen LogP contribution in [0.15, 0.2) is 85.2 Å². The van der Waals surface area contributed by atoms with E-state index in [9.17, 15) is 0 Å². The Bertz CT molecular complexity index is 1280. The lowest BCUT2D eigenvalue weighted by Crippen LogP contribution is -2.26. The number of anilines is 3. The molecule has 6 heteroatoms.